The van der Waals surface area contributed by atoms with Gasteiger partial charge in [0.25, 0.3) is 0 Å². The van der Waals surface area contributed by atoms with Gasteiger partial charge in [-0.3, -0.25) is 0 Å². The maximum atomic E-state index is 12.4. The first kappa shape index (κ1) is 20.9. The molecule has 142 valence electrons. The minimum atomic E-state index is -0.996. The van der Waals surface area contributed by atoms with E-state index in [1.807, 2.05) is 0 Å². The summed E-state index contributed by atoms with van der Waals surface area (Å²) in [5.74, 6) is -0.613. The summed E-state index contributed by atoms with van der Waals surface area (Å²) < 4.78 is 24.2. The summed E-state index contributed by atoms with van der Waals surface area (Å²) in [6.07, 6.45) is 0.841. The third-order valence-corrected chi connectivity index (χ3v) is 2.70. The Balaban J connectivity index is 2.86. The number of hydrogen-bond acceptors (Lipinski definition) is 6. The van der Waals surface area contributed by atoms with E-state index in [9.17, 15) is 14.0 Å². The number of alkyl halides is 1. The molecule has 25 heavy (non-hydrogen) atoms. The minimum absolute atomic E-state index is 0.0560. The van der Waals surface area contributed by atoms with Gasteiger partial charge >= 0.3 is 12.1 Å². The number of ether oxygens (including phenoxy) is 2. The molecule has 0 aliphatic carbocycles. The van der Waals surface area contributed by atoms with E-state index in [-0.39, 0.29) is 13.0 Å². The van der Waals surface area contributed by atoms with E-state index in [2.05, 4.69) is 15.6 Å². The Morgan fingerprint density at radius 1 is 1.20 bits per heavy atom. The van der Waals surface area contributed by atoms with Crippen LogP contribution in [-0.4, -0.2) is 51.0 Å². The van der Waals surface area contributed by atoms with Gasteiger partial charge < -0.3 is 14.8 Å². The summed E-state index contributed by atoms with van der Waals surface area (Å²) >= 11 is 0. The predicted octanol–water partition coefficient (Wildman–Crippen LogP) is 2.03. The fourth-order valence-electron chi connectivity index (χ4n) is 1.85. The van der Waals surface area contributed by atoms with Crippen LogP contribution in [0.15, 0.2) is 6.20 Å². The van der Waals surface area contributed by atoms with Gasteiger partial charge in [-0.05, 0) is 41.5 Å². The van der Waals surface area contributed by atoms with Gasteiger partial charge in [0.1, 0.15) is 23.9 Å². The minimum Gasteiger partial charge on any atom is -0.458 e. The van der Waals surface area contributed by atoms with E-state index >= 15 is 0 Å². The average Bonchev–Trinajstić information content (AvgIpc) is 2.81. The molecule has 1 amide bonds. The third-order valence-electron chi connectivity index (χ3n) is 2.70. The van der Waals surface area contributed by atoms with Gasteiger partial charge in [0.15, 0.2) is 0 Å². The first-order valence-corrected chi connectivity index (χ1v) is 8.07. The molecular weight excluding hydrogens is 330 g/mol. The van der Waals surface area contributed by atoms with Crippen LogP contribution in [0.3, 0.4) is 0 Å². The molecule has 9 heteroatoms. The largest absolute Gasteiger partial charge is 0.458 e. The Labute approximate surface area is 147 Å². The molecular formula is C16H27FN4O4. The number of rotatable bonds is 6. The van der Waals surface area contributed by atoms with Crippen molar-refractivity contribution in [2.24, 2.45) is 0 Å². The number of nitrogens with zero attached hydrogens (tertiary/aromatic N) is 3. The molecule has 0 aliphatic heterocycles. The second-order valence-corrected chi connectivity index (χ2v) is 7.60. The highest BCUT2D eigenvalue weighted by atomic mass is 18.2. The molecule has 0 spiro atoms. The molecule has 1 heterocycles. The van der Waals surface area contributed by atoms with Crippen molar-refractivity contribution in [2.45, 2.75) is 71.8 Å². The summed E-state index contributed by atoms with van der Waals surface area (Å²) in [6, 6.07) is -0.996. The van der Waals surface area contributed by atoms with Gasteiger partial charge in [-0.15, -0.1) is 5.10 Å². The topological polar surface area (TPSA) is 95.3 Å². The van der Waals surface area contributed by atoms with Crippen molar-refractivity contribution >= 4 is 12.1 Å². The Kier molecular flexibility index (Phi) is 6.89. The van der Waals surface area contributed by atoms with Gasteiger partial charge in [-0.25, -0.2) is 18.7 Å². The van der Waals surface area contributed by atoms with E-state index in [0.29, 0.717) is 5.69 Å². The smallest absolute Gasteiger partial charge is 0.408 e. The molecule has 1 atom stereocenters. The van der Waals surface area contributed by atoms with Gasteiger partial charge in [0, 0.05) is 12.6 Å². The lowest BCUT2D eigenvalue weighted by molar-refractivity contribution is -0.157. The Morgan fingerprint density at radius 2 is 1.80 bits per heavy atom. The number of amides is 1. The number of carbonyl (C=O) groups is 2. The number of carbonyl (C=O) groups excluding carboxylic acids is 2. The molecule has 0 aliphatic rings. The highest BCUT2D eigenvalue weighted by Gasteiger charge is 2.29. The third kappa shape index (κ3) is 8.46. The number of nitrogens with one attached hydrogen (secondary N) is 1. The van der Waals surface area contributed by atoms with E-state index < -0.39 is 36.0 Å². The van der Waals surface area contributed by atoms with Crippen molar-refractivity contribution < 1.29 is 23.5 Å². The summed E-state index contributed by atoms with van der Waals surface area (Å²) in [5, 5.41) is 10.1. The SMILES string of the molecule is CC(C)(C)OC(=O)NC(Cc1cn(CC[18F])nn1)C(=O)OC(C)(C)C. The standard InChI is InChI=1S/C16H27FN4O4/c1-15(2,3)24-13(22)12(18-14(23)25-16(4,5)6)9-11-10-21(8-7-17)20-19-11/h10,12H,7-9H2,1-6H3,(H,18,23)/i17-1. The van der Waals surface area contributed by atoms with Crippen molar-refractivity contribution in [3.05, 3.63) is 11.9 Å². The molecule has 1 N–H and O–H groups in total. The lowest BCUT2D eigenvalue weighted by Gasteiger charge is -2.25. The van der Waals surface area contributed by atoms with Crippen LogP contribution in [0, 0.1) is 0 Å². The van der Waals surface area contributed by atoms with Crippen LogP contribution in [0.4, 0.5) is 9.18 Å². The van der Waals surface area contributed by atoms with Crippen LogP contribution in [0.25, 0.3) is 0 Å². The quantitative estimate of drug-likeness (QED) is 0.783. The first-order chi connectivity index (χ1) is 11.4. The van der Waals surface area contributed by atoms with E-state index in [4.69, 9.17) is 9.47 Å². The number of esters is 1. The molecule has 0 saturated carbocycles. The number of aromatic nitrogens is 3. The van der Waals surface area contributed by atoms with Crippen LogP contribution < -0.4 is 5.32 Å². The van der Waals surface area contributed by atoms with Crippen LogP contribution in [0.1, 0.15) is 47.2 Å². The second-order valence-electron chi connectivity index (χ2n) is 7.60. The molecule has 0 bridgehead atoms. The van der Waals surface area contributed by atoms with Crippen LogP contribution >= 0.6 is 0 Å². The lowest BCUT2D eigenvalue weighted by Crippen LogP contribution is -2.47. The number of alkyl carbamates (subject to hydrolysis) is 1. The summed E-state index contributed by atoms with van der Waals surface area (Å²) in [4.78, 5) is 24.4. The van der Waals surface area contributed by atoms with Gasteiger partial charge in [-0.1, -0.05) is 5.21 Å². The van der Waals surface area contributed by atoms with Crippen molar-refractivity contribution in [3.63, 3.8) is 0 Å². The maximum absolute atomic E-state index is 12.4. The summed E-state index contributed by atoms with van der Waals surface area (Å²) in [7, 11) is 0. The first-order valence-electron chi connectivity index (χ1n) is 8.07. The van der Waals surface area contributed by atoms with Crippen molar-refractivity contribution in [3.8, 4) is 0 Å². The molecule has 8 nitrogen and oxygen atoms in total. The van der Waals surface area contributed by atoms with Gasteiger partial charge in [-0.2, -0.15) is 0 Å². The van der Waals surface area contributed by atoms with E-state index in [1.165, 1.54) is 10.9 Å². The fraction of sp³-hybridized carbons (Fsp3) is 0.750. The van der Waals surface area contributed by atoms with Crippen molar-refractivity contribution in [1.29, 1.82) is 0 Å². The molecule has 1 rings (SSSR count). The maximum Gasteiger partial charge on any atom is 0.408 e. The Morgan fingerprint density at radius 3 is 2.32 bits per heavy atom. The van der Waals surface area contributed by atoms with Crippen LogP contribution in [0.5, 0.6) is 0 Å². The Bertz CT molecular complexity index is 590. The van der Waals surface area contributed by atoms with Crippen molar-refractivity contribution in [1.82, 2.24) is 20.3 Å². The average molecular weight is 357 g/mol. The molecule has 0 saturated heterocycles. The number of hydrogen-bond donors (Lipinski definition) is 1. The molecule has 1 aromatic heterocycles. The predicted molar refractivity (Wildman–Crippen MR) is 88.7 cm³/mol. The number of halogens is 1. The highest BCUT2D eigenvalue weighted by molar-refractivity contribution is 5.82. The molecule has 0 aromatic carbocycles. The zero-order valence-electron chi connectivity index (χ0n) is 15.6. The van der Waals surface area contributed by atoms with E-state index in [0.717, 1.165) is 0 Å². The summed E-state index contributed by atoms with van der Waals surface area (Å²) in [5.41, 5.74) is -0.982. The highest BCUT2D eigenvalue weighted by Crippen LogP contribution is 2.12. The monoisotopic (exact) mass is 357 g/mol. The van der Waals surface area contributed by atoms with Crippen molar-refractivity contribution in [2.75, 3.05) is 6.67 Å². The molecule has 0 fully saturated rings. The van der Waals surface area contributed by atoms with Gasteiger partial charge in [0.05, 0.1) is 12.2 Å². The molecule has 1 aromatic rings. The summed E-state index contributed by atoms with van der Waals surface area (Å²) in [6.45, 7) is 9.85. The molecule has 0 radical (unpaired) electrons. The Hall–Kier alpha value is -2.19. The van der Waals surface area contributed by atoms with Crippen LogP contribution in [-0.2, 0) is 27.2 Å². The normalized spacial score (nSPS) is 13.2. The zero-order valence-corrected chi connectivity index (χ0v) is 15.6. The van der Waals surface area contributed by atoms with E-state index in [1.54, 1.807) is 41.5 Å². The fourth-order valence-corrected chi connectivity index (χ4v) is 1.85. The van der Waals surface area contributed by atoms with Gasteiger partial charge in [0.2, 0.25) is 0 Å². The molecule has 1 unspecified atom stereocenters. The number of aryl methyl sites for hydroxylation is 1. The lowest BCUT2D eigenvalue weighted by atomic mass is 10.1. The second kappa shape index (κ2) is 8.26. The van der Waals surface area contributed by atoms with Crippen LogP contribution in [0.2, 0.25) is 0 Å². The zero-order chi connectivity index (χ0) is 19.3.